The molecule has 0 aliphatic carbocycles. The van der Waals surface area contributed by atoms with Gasteiger partial charge in [-0.2, -0.15) is 0 Å². The van der Waals surface area contributed by atoms with Gasteiger partial charge in [-0.15, -0.1) is 0 Å². The van der Waals surface area contributed by atoms with Gasteiger partial charge in [0.1, 0.15) is 0 Å². The molecule has 3 N–H and O–H groups in total. The summed E-state index contributed by atoms with van der Waals surface area (Å²) < 4.78 is 0. The van der Waals surface area contributed by atoms with Crippen molar-refractivity contribution in [3.63, 3.8) is 0 Å². The van der Waals surface area contributed by atoms with Crippen molar-refractivity contribution < 1.29 is 15.3 Å². The molecule has 0 saturated carbocycles. The fourth-order valence-corrected chi connectivity index (χ4v) is 0. The van der Waals surface area contributed by atoms with E-state index in [1.54, 1.807) is 0 Å². The first-order valence-electron chi connectivity index (χ1n) is 4.57. The predicted octanol–water partition coefficient (Wildman–Crippen LogP) is 0.785. The Morgan fingerprint density at radius 3 is 0.692 bits per heavy atom. The normalized spacial score (nSPS) is 6.92. The van der Waals surface area contributed by atoms with Crippen molar-refractivity contribution in [1.29, 1.82) is 0 Å². The second kappa shape index (κ2) is 39.3. The largest absolute Gasteiger partial charge is 0.396 e. The lowest BCUT2D eigenvalue weighted by Crippen LogP contribution is -1.69. The van der Waals surface area contributed by atoms with Crippen molar-refractivity contribution in [2.45, 2.75) is 40.0 Å². The van der Waals surface area contributed by atoms with Crippen LogP contribution in [0.25, 0.3) is 0 Å². The van der Waals surface area contributed by atoms with Gasteiger partial charge in [0.15, 0.2) is 0 Å². The highest BCUT2D eigenvalue weighted by molar-refractivity contribution is 5.75. The third-order valence-corrected chi connectivity index (χ3v) is 0.671. The van der Waals surface area contributed by atoms with Crippen LogP contribution in [0.4, 0.5) is 0 Å². The SMILES string of the molecule is CCCO.CCCO.CCCO.[Al]. The Hall–Kier alpha value is 0.412. The maximum absolute atomic E-state index is 7.88. The van der Waals surface area contributed by atoms with E-state index in [1.165, 1.54) is 0 Å². The fraction of sp³-hybridized carbons (Fsp3) is 1.00. The Bertz CT molecular complexity index is 30.3. The smallest absolute Gasteiger partial charge is 0.0428 e. The van der Waals surface area contributed by atoms with E-state index in [0.717, 1.165) is 19.3 Å². The summed E-state index contributed by atoms with van der Waals surface area (Å²) in [6, 6.07) is 0. The lowest BCUT2D eigenvalue weighted by Gasteiger charge is -1.69. The molecule has 0 rings (SSSR count). The highest BCUT2D eigenvalue weighted by Gasteiger charge is 1.58. The average Bonchev–Trinajstić information content (AvgIpc) is 2.18. The molecule has 0 fully saturated rings. The van der Waals surface area contributed by atoms with Crippen LogP contribution in [0.15, 0.2) is 0 Å². The van der Waals surface area contributed by atoms with Crippen LogP contribution in [-0.4, -0.2) is 52.5 Å². The predicted molar refractivity (Wildman–Crippen MR) is 57.9 cm³/mol. The molecule has 0 aromatic heterocycles. The Balaban J connectivity index is -0.0000000450. The summed E-state index contributed by atoms with van der Waals surface area (Å²) in [6.07, 6.45) is 2.62. The van der Waals surface area contributed by atoms with Crippen molar-refractivity contribution in [2.75, 3.05) is 19.8 Å². The van der Waals surface area contributed by atoms with Gasteiger partial charge in [0.05, 0.1) is 0 Å². The summed E-state index contributed by atoms with van der Waals surface area (Å²) in [5, 5.41) is 23.6. The van der Waals surface area contributed by atoms with Crippen LogP contribution in [0.2, 0.25) is 0 Å². The topological polar surface area (TPSA) is 60.7 Å². The first-order chi connectivity index (χ1) is 5.74. The summed E-state index contributed by atoms with van der Waals surface area (Å²) >= 11 is 0. The van der Waals surface area contributed by atoms with Gasteiger partial charge in [-0.25, -0.2) is 0 Å². The van der Waals surface area contributed by atoms with E-state index in [0.29, 0.717) is 19.8 Å². The minimum atomic E-state index is 0. The summed E-state index contributed by atoms with van der Waals surface area (Å²) in [5.74, 6) is 0. The van der Waals surface area contributed by atoms with Crippen LogP contribution < -0.4 is 0 Å². The van der Waals surface area contributed by atoms with E-state index in [9.17, 15) is 0 Å². The van der Waals surface area contributed by atoms with Crippen LogP contribution in [0.1, 0.15) is 40.0 Å². The van der Waals surface area contributed by atoms with Crippen molar-refractivity contribution in [3.05, 3.63) is 0 Å². The molecule has 3 radical (unpaired) electrons. The zero-order valence-corrected chi connectivity index (χ0v) is 10.3. The van der Waals surface area contributed by atoms with Crippen LogP contribution in [0.3, 0.4) is 0 Å². The van der Waals surface area contributed by atoms with Crippen molar-refractivity contribution in [3.8, 4) is 0 Å². The van der Waals surface area contributed by atoms with E-state index in [1.807, 2.05) is 20.8 Å². The second-order valence-electron chi connectivity index (χ2n) is 2.17. The molecule has 0 saturated heterocycles. The lowest BCUT2D eigenvalue weighted by molar-refractivity contribution is 0.294. The van der Waals surface area contributed by atoms with Crippen LogP contribution in [-0.2, 0) is 0 Å². The van der Waals surface area contributed by atoms with Gasteiger partial charge < -0.3 is 15.3 Å². The van der Waals surface area contributed by atoms with E-state index < -0.39 is 0 Å². The number of hydrogen-bond donors (Lipinski definition) is 3. The van der Waals surface area contributed by atoms with Crippen LogP contribution in [0.5, 0.6) is 0 Å². The molecule has 4 heteroatoms. The zero-order valence-electron chi connectivity index (χ0n) is 9.16. The number of aliphatic hydroxyl groups excluding tert-OH is 3. The van der Waals surface area contributed by atoms with E-state index in [2.05, 4.69) is 0 Å². The first kappa shape index (κ1) is 23.3. The molecular formula is C9H24AlO3. The highest BCUT2D eigenvalue weighted by Crippen LogP contribution is 1.62. The number of aliphatic hydroxyl groups is 3. The summed E-state index contributed by atoms with van der Waals surface area (Å²) in [5.41, 5.74) is 0. The molecule has 0 bridgehead atoms. The molecule has 0 heterocycles. The third kappa shape index (κ3) is 116. The van der Waals surface area contributed by atoms with Gasteiger partial charge in [0.2, 0.25) is 0 Å². The van der Waals surface area contributed by atoms with E-state index >= 15 is 0 Å². The summed E-state index contributed by atoms with van der Waals surface area (Å²) in [4.78, 5) is 0. The highest BCUT2D eigenvalue weighted by atomic mass is 27.0. The summed E-state index contributed by atoms with van der Waals surface area (Å²) in [7, 11) is 0. The molecule has 0 spiro atoms. The number of rotatable bonds is 3. The molecule has 0 aliphatic heterocycles. The standard InChI is InChI=1S/3C3H8O.Al/c3*1-2-3-4;/h3*4H,2-3H2,1H3;. The van der Waals surface area contributed by atoms with E-state index in [-0.39, 0.29) is 17.4 Å². The Morgan fingerprint density at radius 1 is 0.615 bits per heavy atom. The minimum Gasteiger partial charge on any atom is -0.396 e. The van der Waals surface area contributed by atoms with Crippen molar-refractivity contribution in [1.82, 2.24) is 0 Å². The molecule has 0 aromatic rings. The Morgan fingerprint density at radius 2 is 0.692 bits per heavy atom. The van der Waals surface area contributed by atoms with E-state index in [4.69, 9.17) is 15.3 Å². The first-order valence-corrected chi connectivity index (χ1v) is 4.57. The van der Waals surface area contributed by atoms with Crippen molar-refractivity contribution in [2.24, 2.45) is 0 Å². The van der Waals surface area contributed by atoms with Crippen LogP contribution >= 0.6 is 0 Å². The van der Waals surface area contributed by atoms with Crippen LogP contribution in [0, 0.1) is 0 Å². The number of hydrogen-bond acceptors (Lipinski definition) is 3. The molecular weight excluding hydrogens is 183 g/mol. The maximum Gasteiger partial charge on any atom is 0.0428 e. The molecule has 13 heavy (non-hydrogen) atoms. The van der Waals surface area contributed by atoms with Gasteiger partial charge >= 0.3 is 0 Å². The maximum atomic E-state index is 7.88. The molecule has 0 aliphatic rings. The van der Waals surface area contributed by atoms with Crippen molar-refractivity contribution >= 4 is 17.4 Å². The zero-order chi connectivity index (χ0) is 10.2. The molecule has 0 aromatic carbocycles. The molecule has 0 amide bonds. The fourth-order valence-electron chi connectivity index (χ4n) is 0. The molecule has 0 atom stereocenters. The minimum absolute atomic E-state index is 0. The quantitative estimate of drug-likeness (QED) is 0.599. The monoisotopic (exact) mass is 207 g/mol. The van der Waals surface area contributed by atoms with Gasteiger partial charge in [0, 0.05) is 37.2 Å². The van der Waals surface area contributed by atoms with Gasteiger partial charge in [-0.05, 0) is 19.3 Å². The van der Waals surface area contributed by atoms with Gasteiger partial charge in [0.25, 0.3) is 0 Å². The van der Waals surface area contributed by atoms with Gasteiger partial charge in [-0.1, -0.05) is 20.8 Å². The third-order valence-electron chi connectivity index (χ3n) is 0.671. The molecule has 81 valence electrons. The average molecular weight is 207 g/mol. The van der Waals surface area contributed by atoms with Gasteiger partial charge in [-0.3, -0.25) is 0 Å². The lowest BCUT2D eigenvalue weighted by atomic mass is 10.5. The second-order valence-corrected chi connectivity index (χ2v) is 2.17. The molecule has 0 unspecified atom stereocenters. The Kier molecular flexibility index (Phi) is 70.5. The molecule has 3 nitrogen and oxygen atoms in total. The summed E-state index contributed by atoms with van der Waals surface area (Å²) in [6.45, 7) is 6.75. The Labute approximate surface area is 92.9 Å².